The summed E-state index contributed by atoms with van der Waals surface area (Å²) in [5.74, 6) is -0.338. The highest BCUT2D eigenvalue weighted by Crippen LogP contribution is 2.38. The first-order valence-corrected chi connectivity index (χ1v) is 7.55. The van der Waals surface area contributed by atoms with E-state index in [0.29, 0.717) is 17.2 Å². The Morgan fingerprint density at radius 1 is 1.25 bits per heavy atom. The van der Waals surface area contributed by atoms with Gasteiger partial charge in [-0.25, -0.2) is 4.79 Å². The number of hydrogen-bond acceptors (Lipinski definition) is 4. The Kier molecular flexibility index (Phi) is 4.45. The summed E-state index contributed by atoms with van der Waals surface area (Å²) in [5, 5.41) is 0. The molecule has 0 fully saturated rings. The lowest BCUT2D eigenvalue weighted by atomic mass is 10.1. The Bertz CT molecular complexity index is 614. The van der Waals surface area contributed by atoms with Crippen molar-refractivity contribution in [3.63, 3.8) is 0 Å². The van der Waals surface area contributed by atoms with Crippen molar-refractivity contribution in [3.05, 3.63) is 40.3 Å². The van der Waals surface area contributed by atoms with Crippen LogP contribution in [0.3, 0.4) is 0 Å². The summed E-state index contributed by atoms with van der Waals surface area (Å²) in [4.78, 5) is 13.4. The van der Waals surface area contributed by atoms with E-state index in [9.17, 15) is 4.79 Å². The van der Waals surface area contributed by atoms with Gasteiger partial charge in [0.05, 0.1) is 12.3 Å². The standard InChI is InChI=1S/C16H19NO2S/c1-4-11-6-8-12(9-7-11)14-10(3)13(17)15(20-14)16(18)19-5-2/h6-9H,4-5,17H2,1-3H3. The Hall–Kier alpha value is -1.81. The van der Waals surface area contributed by atoms with Crippen LogP contribution in [0.2, 0.25) is 0 Å². The van der Waals surface area contributed by atoms with Crippen LogP contribution in [0.4, 0.5) is 5.69 Å². The number of nitrogens with two attached hydrogens (primary N) is 1. The number of ether oxygens (including phenoxy) is 1. The predicted molar refractivity (Wildman–Crippen MR) is 84.2 cm³/mol. The normalized spacial score (nSPS) is 10.6. The molecule has 0 atom stereocenters. The fraction of sp³-hybridized carbons (Fsp3) is 0.312. The molecule has 0 aliphatic carbocycles. The first-order valence-electron chi connectivity index (χ1n) is 6.73. The molecule has 1 heterocycles. The van der Waals surface area contributed by atoms with Gasteiger partial charge in [-0.2, -0.15) is 0 Å². The lowest BCUT2D eigenvalue weighted by molar-refractivity contribution is 0.0533. The van der Waals surface area contributed by atoms with E-state index in [-0.39, 0.29) is 5.97 Å². The van der Waals surface area contributed by atoms with Gasteiger partial charge < -0.3 is 10.5 Å². The van der Waals surface area contributed by atoms with Crippen LogP contribution in [0.5, 0.6) is 0 Å². The summed E-state index contributed by atoms with van der Waals surface area (Å²) in [6.45, 7) is 6.22. The molecule has 2 rings (SSSR count). The second-order valence-electron chi connectivity index (χ2n) is 4.57. The minimum Gasteiger partial charge on any atom is -0.462 e. The highest BCUT2D eigenvalue weighted by atomic mass is 32.1. The molecule has 0 saturated heterocycles. The van der Waals surface area contributed by atoms with Gasteiger partial charge in [0.25, 0.3) is 0 Å². The van der Waals surface area contributed by atoms with Gasteiger partial charge in [-0.15, -0.1) is 11.3 Å². The van der Waals surface area contributed by atoms with Crippen LogP contribution in [0.25, 0.3) is 10.4 Å². The number of aryl methyl sites for hydroxylation is 1. The van der Waals surface area contributed by atoms with Crippen molar-refractivity contribution in [2.75, 3.05) is 12.3 Å². The fourth-order valence-corrected chi connectivity index (χ4v) is 3.17. The molecule has 0 aliphatic heterocycles. The number of nitrogen functional groups attached to an aromatic ring is 1. The molecule has 0 unspecified atom stereocenters. The monoisotopic (exact) mass is 289 g/mol. The third kappa shape index (κ3) is 2.70. The van der Waals surface area contributed by atoms with Crippen molar-refractivity contribution < 1.29 is 9.53 Å². The first kappa shape index (κ1) is 14.6. The molecular formula is C16H19NO2S. The molecule has 1 aromatic heterocycles. The van der Waals surface area contributed by atoms with E-state index in [0.717, 1.165) is 22.4 Å². The van der Waals surface area contributed by atoms with Crippen LogP contribution in [-0.2, 0) is 11.2 Å². The SMILES string of the molecule is CCOC(=O)c1sc(-c2ccc(CC)cc2)c(C)c1N. The van der Waals surface area contributed by atoms with Gasteiger partial charge in [0.15, 0.2) is 0 Å². The van der Waals surface area contributed by atoms with Gasteiger partial charge in [-0.05, 0) is 37.0 Å². The zero-order valence-corrected chi connectivity index (χ0v) is 12.8. The minimum atomic E-state index is -0.338. The van der Waals surface area contributed by atoms with Crippen molar-refractivity contribution in [3.8, 4) is 10.4 Å². The Morgan fingerprint density at radius 3 is 2.45 bits per heavy atom. The quantitative estimate of drug-likeness (QED) is 0.864. The van der Waals surface area contributed by atoms with Crippen LogP contribution < -0.4 is 5.73 Å². The second-order valence-corrected chi connectivity index (χ2v) is 5.59. The van der Waals surface area contributed by atoms with Crippen LogP contribution in [0.1, 0.15) is 34.6 Å². The maximum Gasteiger partial charge on any atom is 0.350 e. The molecule has 1 aromatic carbocycles. The van der Waals surface area contributed by atoms with Crippen LogP contribution in [0, 0.1) is 6.92 Å². The highest BCUT2D eigenvalue weighted by molar-refractivity contribution is 7.18. The number of esters is 1. The van der Waals surface area contributed by atoms with Crippen molar-refractivity contribution >= 4 is 23.0 Å². The maximum atomic E-state index is 11.9. The molecule has 3 nitrogen and oxygen atoms in total. The van der Waals surface area contributed by atoms with E-state index in [2.05, 4.69) is 31.2 Å². The molecule has 20 heavy (non-hydrogen) atoms. The fourth-order valence-electron chi connectivity index (χ4n) is 2.04. The van der Waals surface area contributed by atoms with E-state index in [1.807, 2.05) is 6.92 Å². The molecule has 0 bridgehead atoms. The number of benzene rings is 1. The average molecular weight is 289 g/mol. The number of anilines is 1. The summed E-state index contributed by atoms with van der Waals surface area (Å²) in [6, 6.07) is 8.36. The number of hydrogen-bond donors (Lipinski definition) is 1. The summed E-state index contributed by atoms with van der Waals surface area (Å²) < 4.78 is 5.04. The lowest BCUT2D eigenvalue weighted by Crippen LogP contribution is -2.05. The van der Waals surface area contributed by atoms with Crippen LogP contribution in [-0.4, -0.2) is 12.6 Å². The molecule has 4 heteroatoms. The van der Waals surface area contributed by atoms with Crippen molar-refractivity contribution in [2.45, 2.75) is 27.2 Å². The summed E-state index contributed by atoms with van der Waals surface area (Å²) >= 11 is 1.40. The molecule has 0 spiro atoms. The molecule has 2 N–H and O–H groups in total. The van der Waals surface area contributed by atoms with E-state index in [1.165, 1.54) is 16.9 Å². The average Bonchev–Trinajstić information content (AvgIpc) is 2.76. The number of carbonyl (C=O) groups excluding carboxylic acids is 1. The molecule has 0 aliphatic rings. The van der Waals surface area contributed by atoms with Gasteiger partial charge in [-0.3, -0.25) is 0 Å². The predicted octanol–water partition coefficient (Wildman–Crippen LogP) is 4.04. The molecule has 0 saturated carbocycles. The minimum absolute atomic E-state index is 0.338. The molecular weight excluding hydrogens is 270 g/mol. The summed E-state index contributed by atoms with van der Waals surface area (Å²) in [5.41, 5.74) is 9.90. The Labute approximate surface area is 123 Å². The summed E-state index contributed by atoms with van der Waals surface area (Å²) in [6.07, 6.45) is 1.01. The summed E-state index contributed by atoms with van der Waals surface area (Å²) in [7, 11) is 0. The van der Waals surface area contributed by atoms with E-state index in [1.54, 1.807) is 6.92 Å². The number of rotatable bonds is 4. The second kappa shape index (κ2) is 6.09. The topological polar surface area (TPSA) is 52.3 Å². The van der Waals surface area contributed by atoms with Crippen molar-refractivity contribution in [2.24, 2.45) is 0 Å². The van der Waals surface area contributed by atoms with E-state index in [4.69, 9.17) is 10.5 Å². The highest BCUT2D eigenvalue weighted by Gasteiger charge is 2.20. The number of thiophene rings is 1. The lowest BCUT2D eigenvalue weighted by Gasteiger charge is -2.02. The largest absolute Gasteiger partial charge is 0.462 e. The van der Waals surface area contributed by atoms with Crippen LogP contribution in [0.15, 0.2) is 24.3 Å². The first-order chi connectivity index (χ1) is 9.58. The maximum absolute atomic E-state index is 11.9. The smallest absolute Gasteiger partial charge is 0.350 e. The van der Waals surface area contributed by atoms with Gasteiger partial charge in [-0.1, -0.05) is 31.2 Å². The zero-order valence-electron chi connectivity index (χ0n) is 12.0. The molecule has 0 radical (unpaired) electrons. The van der Waals surface area contributed by atoms with E-state index >= 15 is 0 Å². The Morgan fingerprint density at radius 2 is 1.90 bits per heavy atom. The van der Waals surface area contributed by atoms with E-state index < -0.39 is 0 Å². The van der Waals surface area contributed by atoms with Gasteiger partial charge in [0, 0.05) is 4.88 Å². The molecule has 2 aromatic rings. The third-order valence-corrected chi connectivity index (χ3v) is 4.62. The van der Waals surface area contributed by atoms with Crippen LogP contribution >= 0.6 is 11.3 Å². The molecule has 106 valence electrons. The molecule has 0 amide bonds. The Balaban J connectivity index is 2.41. The zero-order chi connectivity index (χ0) is 14.7. The van der Waals surface area contributed by atoms with Crippen molar-refractivity contribution in [1.82, 2.24) is 0 Å². The van der Waals surface area contributed by atoms with Crippen molar-refractivity contribution in [1.29, 1.82) is 0 Å². The number of carbonyl (C=O) groups is 1. The van der Waals surface area contributed by atoms with Gasteiger partial charge in [0.1, 0.15) is 4.88 Å². The third-order valence-electron chi connectivity index (χ3n) is 3.28. The van der Waals surface area contributed by atoms with Gasteiger partial charge >= 0.3 is 5.97 Å². The van der Waals surface area contributed by atoms with Gasteiger partial charge in [0.2, 0.25) is 0 Å².